The van der Waals surface area contributed by atoms with Gasteiger partial charge in [-0.25, -0.2) is 9.67 Å². The second-order valence-electron chi connectivity index (χ2n) is 5.87. The molecule has 1 aliphatic rings. The van der Waals surface area contributed by atoms with Crippen LogP contribution in [0.2, 0.25) is 0 Å². The van der Waals surface area contributed by atoms with Gasteiger partial charge in [0.25, 0.3) is 5.56 Å². The fourth-order valence-electron chi connectivity index (χ4n) is 2.86. The van der Waals surface area contributed by atoms with Crippen molar-refractivity contribution in [1.82, 2.24) is 14.8 Å². The van der Waals surface area contributed by atoms with Crippen LogP contribution in [-0.4, -0.2) is 20.7 Å². The maximum atomic E-state index is 12.3. The lowest BCUT2D eigenvalue weighted by Crippen LogP contribution is -2.29. The fraction of sp³-hybridized carbons (Fsp3) is 0.222. The van der Waals surface area contributed by atoms with Crippen molar-refractivity contribution in [2.45, 2.75) is 25.8 Å². The minimum atomic E-state index is -0.309. The van der Waals surface area contributed by atoms with Gasteiger partial charge in [-0.15, -0.1) is 11.3 Å². The summed E-state index contributed by atoms with van der Waals surface area (Å²) in [4.78, 5) is 30.0. The van der Waals surface area contributed by atoms with E-state index in [-0.39, 0.29) is 18.0 Å². The topological polar surface area (TPSA) is 76.9 Å². The third kappa shape index (κ3) is 3.36. The summed E-state index contributed by atoms with van der Waals surface area (Å²) in [7, 11) is 0. The Bertz CT molecular complexity index is 957. The lowest BCUT2D eigenvalue weighted by atomic mass is 10.1. The molecule has 0 fully saturated rings. The molecule has 2 heterocycles. The van der Waals surface area contributed by atoms with Crippen molar-refractivity contribution in [3.05, 3.63) is 63.4 Å². The molecule has 0 saturated heterocycles. The van der Waals surface area contributed by atoms with Crippen LogP contribution < -0.4 is 10.9 Å². The highest BCUT2D eigenvalue weighted by Crippen LogP contribution is 2.30. The smallest absolute Gasteiger partial charge is 0.267 e. The Labute approximate surface area is 148 Å². The van der Waals surface area contributed by atoms with Crippen molar-refractivity contribution in [2.24, 2.45) is 0 Å². The Morgan fingerprint density at radius 2 is 2.00 bits per heavy atom. The van der Waals surface area contributed by atoms with Gasteiger partial charge in [-0.05, 0) is 25.3 Å². The van der Waals surface area contributed by atoms with Crippen LogP contribution in [0, 0.1) is 0 Å². The number of nitrogens with one attached hydrogen (secondary N) is 1. The van der Waals surface area contributed by atoms with Gasteiger partial charge >= 0.3 is 0 Å². The summed E-state index contributed by atoms with van der Waals surface area (Å²) >= 11 is 1.51. The van der Waals surface area contributed by atoms with Crippen molar-refractivity contribution >= 4 is 22.4 Å². The van der Waals surface area contributed by atoms with E-state index in [2.05, 4.69) is 15.4 Å². The molecule has 0 aliphatic heterocycles. The van der Waals surface area contributed by atoms with E-state index in [0.717, 1.165) is 30.5 Å². The van der Waals surface area contributed by atoms with Crippen molar-refractivity contribution in [3.8, 4) is 11.3 Å². The van der Waals surface area contributed by atoms with Crippen molar-refractivity contribution in [3.63, 3.8) is 0 Å². The highest BCUT2D eigenvalue weighted by atomic mass is 32.1. The molecule has 2 aromatic heterocycles. The molecule has 0 bridgehead atoms. The van der Waals surface area contributed by atoms with E-state index in [0.29, 0.717) is 10.8 Å². The molecule has 25 heavy (non-hydrogen) atoms. The Kier molecular flexibility index (Phi) is 4.15. The summed E-state index contributed by atoms with van der Waals surface area (Å²) in [5, 5.41) is 7.67. The first-order chi connectivity index (χ1) is 12.2. The molecule has 1 N–H and O–H groups in total. The maximum absolute atomic E-state index is 12.3. The standard InChI is InChI=1S/C18H16N4O2S/c23-16(20-18-19-14-7-4-8-15(14)25-18)11-22-17(24)10-9-13(21-22)12-5-2-1-3-6-12/h1-3,5-6,9-10H,4,7-8,11H2,(H,19,20,23). The molecule has 1 aliphatic carbocycles. The summed E-state index contributed by atoms with van der Waals surface area (Å²) in [5.74, 6) is -0.299. The molecule has 1 aromatic carbocycles. The first kappa shape index (κ1) is 15.7. The van der Waals surface area contributed by atoms with Crippen LogP contribution in [0.1, 0.15) is 17.0 Å². The molecule has 7 heteroatoms. The molecular formula is C18H16N4O2S. The quantitative estimate of drug-likeness (QED) is 0.783. The normalized spacial score (nSPS) is 12.8. The number of thiazole rings is 1. The number of nitrogens with zero attached hydrogens (tertiary/aromatic N) is 3. The molecule has 3 aromatic rings. The number of carbonyl (C=O) groups is 1. The third-order valence-corrected chi connectivity index (χ3v) is 5.14. The monoisotopic (exact) mass is 352 g/mol. The Hall–Kier alpha value is -2.80. The van der Waals surface area contributed by atoms with Crippen LogP contribution in [0.3, 0.4) is 0 Å². The molecule has 0 radical (unpaired) electrons. The van der Waals surface area contributed by atoms with E-state index in [1.54, 1.807) is 6.07 Å². The Morgan fingerprint density at radius 1 is 1.16 bits per heavy atom. The lowest BCUT2D eigenvalue weighted by molar-refractivity contribution is -0.117. The molecule has 0 spiro atoms. The zero-order valence-corrected chi connectivity index (χ0v) is 14.3. The van der Waals surface area contributed by atoms with Gasteiger partial charge in [0.2, 0.25) is 5.91 Å². The molecule has 0 saturated carbocycles. The largest absolute Gasteiger partial charge is 0.300 e. The van der Waals surface area contributed by atoms with Gasteiger partial charge in [0.05, 0.1) is 11.4 Å². The number of benzene rings is 1. The zero-order valence-electron chi connectivity index (χ0n) is 13.4. The first-order valence-electron chi connectivity index (χ1n) is 8.11. The number of aryl methyl sites for hydroxylation is 2. The first-order valence-corrected chi connectivity index (χ1v) is 8.93. The van der Waals surface area contributed by atoms with Crippen LogP contribution >= 0.6 is 11.3 Å². The van der Waals surface area contributed by atoms with Gasteiger partial charge in [0.1, 0.15) is 6.54 Å². The van der Waals surface area contributed by atoms with Gasteiger partial charge in [0.15, 0.2) is 5.13 Å². The number of carbonyl (C=O) groups excluding carboxylic acids is 1. The number of fused-ring (bicyclic) bond motifs is 1. The molecular weight excluding hydrogens is 336 g/mol. The number of anilines is 1. The summed E-state index contributed by atoms with van der Waals surface area (Å²) in [6.07, 6.45) is 3.14. The number of hydrogen-bond acceptors (Lipinski definition) is 5. The second-order valence-corrected chi connectivity index (χ2v) is 6.95. The van der Waals surface area contributed by atoms with Crippen LogP contribution in [0.4, 0.5) is 5.13 Å². The molecule has 0 atom stereocenters. The number of rotatable bonds is 4. The number of hydrogen-bond donors (Lipinski definition) is 1. The van der Waals surface area contributed by atoms with E-state index in [1.807, 2.05) is 30.3 Å². The van der Waals surface area contributed by atoms with E-state index in [9.17, 15) is 9.59 Å². The highest BCUT2D eigenvalue weighted by molar-refractivity contribution is 7.15. The van der Waals surface area contributed by atoms with Crippen LogP contribution in [0.5, 0.6) is 0 Å². The van der Waals surface area contributed by atoms with Gasteiger partial charge in [-0.2, -0.15) is 5.10 Å². The maximum Gasteiger partial charge on any atom is 0.267 e. The van der Waals surface area contributed by atoms with Crippen LogP contribution in [0.25, 0.3) is 11.3 Å². The summed E-state index contributed by atoms with van der Waals surface area (Å²) < 4.78 is 1.18. The highest BCUT2D eigenvalue weighted by Gasteiger charge is 2.18. The average molecular weight is 352 g/mol. The fourth-order valence-corrected chi connectivity index (χ4v) is 3.93. The van der Waals surface area contributed by atoms with Crippen molar-refractivity contribution in [2.75, 3.05) is 5.32 Å². The van der Waals surface area contributed by atoms with E-state index < -0.39 is 0 Å². The molecule has 1 amide bonds. The predicted molar refractivity (Wildman–Crippen MR) is 96.7 cm³/mol. The van der Waals surface area contributed by atoms with Crippen molar-refractivity contribution < 1.29 is 4.79 Å². The van der Waals surface area contributed by atoms with Crippen molar-refractivity contribution in [1.29, 1.82) is 0 Å². The predicted octanol–water partition coefficient (Wildman–Crippen LogP) is 2.49. The average Bonchev–Trinajstić information content (AvgIpc) is 3.19. The second kappa shape index (κ2) is 6.60. The minimum absolute atomic E-state index is 0.135. The van der Waals surface area contributed by atoms with Crippen LogP contribution in [0.15, 0.2) is 47.3 Å². The Morgan fingerprint density at radius 3 is 2.80 bits per heavy atom. The van der Waals surface area contributed by atoms with E-state index >= 15 is 0 Å². The third-order valence-electron chi connectivity index (χ3n) is 4.07. The number of amides is 1. The summed E-state index contributed by atoms with van der Waals surface area (Å²) in [6.45, 7) is -0.135. The molecule has 0 unspecified atom stereocenters. The SMILES string of the molecule is O=C(Cn1nc(-c2ccccc2)ccc1=O)Nc1nc2c(s1)CCC2. The van der Waals surface area contributed by atoms with Gasteiger partial charge < -0.3 is 5.32 Å². The molecule has 6 nitrogen and oxygen atoms in total. The van der Waals surface area contributed by atoms with Gasteiger partial charge in [0, 0.05) is 16.5 Å². The molecule has 4 rings (SSSR count). The van der Waals surface area contributed by atoms with E-state index in [4.69, 9.17) is 0 Å². The van der Waals surface area contributed by atoms with Gasteiger partial charge in [-0.3, -0.25) is 9.59 Å². The summed E-state index contributed by atoms with van der Waals surface area (Å²) in [6, 6.07) is 12.6. The van der Waals surface area contributed by atoms with E-state index in [1.165, 1.54) is 27.0 Å². The van der Waals surface area contributed by atoms with Gasteiger partial charge in [-0.1, -0.05) is 30.3 Å². The lowest BCUT2D eigenvalue weighted by Gasteiger charge is -2.07. The Balaban J connectivity index is 1.51. The number of aromatic nitrogens is 3. The zero-order chi connectivity index (χ0) is 17.2. The van der Waals surface area contributed by atoms with Crippen LogP contribution in [-0.2, 0) is 24.2 Å². The minimum Gasteiger partial charge on any atom is -0.300 e. The molecule has 126 valence electrons. The summed E-state index contributed by atoms with van der Waals surface area (Å²) in [5.41, 5.74) is 2.33.